The van der Waals surface area contributed by atoms with E-state index in [2.05, 4.69) is 20.5 Å². The molecule has 1 N–H and O–H groups in total. The zero-order chi connectivity index (χ0) is 23.6. The molecule has 1 amide bonds. The maximum absolute atomic E-state index is 13.8. The third-order valence-corrected chi connectivity index (χ3v) is 7.41. The Balaban J connectivity index is 1.08. The van der Waals surface area contributed by atoms with E-state index in [9.17, 15) is 13.6 Å². The van der Waals surface area contributed by atoms with Crippen LogP contribution in [0.2, 0.25) is 0 Å². The number of nitrogens with zero attached hydrogens (tertiary/aromatic N) is 4. The molecule has 2 aliphatic carbocycles. The molecule has 2 fully saturated rings. The first-order valence-corrected chi connectivity index (χ1v) is 11.4. The van der Waals surface area contributed by atoms with Crippen LogP contribution in [0, 0.1) is 42.2 Å². The summed E-state index contributed by atoms with van der Waals surface area (Å²) < 4.78 is 34.6. The third kappa shape index (κ3) is 3.46. The monoisotopic (exact) mass is 463 g/mol. The molecule has 2 aromatic carbocycles. The summed E-state index contributed by atoms with van der Waals surface area (Å²) >= 11 is 0. The van der Waals surface area contributed by atoms with Crippen LogP contribution < -0.4 is 5.32 Å². The van der Waals surface area contributed by atoms with Gasteiger partial charge in [-0.25, -0.2) is 13.8 Å². The molecule has 4 aromatic rings. The second kappa shape index (κ2) is 7.72. The fourth-order valence-electron chi connectivity index (χ4n) is 5.69. The van der Waals surface area contributed by atoms with Crippen molar-refractivity contribution >= 4 is 22.6 Å². The molecule has 2 aliphatic rings. The second-order valence-electron chi connectivity index (χ2n) is 9.42. The molecule has 7 nitrogen and oxygen atoms in total. The summed E-state index contributed by atoms with van der Waals surface area (Å²) in [5.74, 6) is 0.341. The number of fused-ring (bicyclic) bond motifs is 2. The number of amides is 1. The lowest BCUT2D eigenvalue weighted by Gasteiger charge is -2.20. The van der Waals surface area contributed by atoms with E-state index in [4.69, 9.17) is 4.42 Å². The van der Waals surface area contributed by atoms with E-state index in [1.165, 1.54) is 6.07 Å². The van der Waals surface area contributed by atoms with Crippen molar-refractivity contribution in [1.82, 2.24) is 19.7 Å². The van der Waals surface area contributed by atoms with Crippen LogP contribution in [0.5, 0.6) is 0 Å². The van der Waals surface area contributed by atoms with Gasteiger partial charge in [-0.1, -0.05) is 6.92 Å². The number of halogens is 2. The van der Waals surface area contributed by atoms with E-state index in [1.807, 2.05) is 35.8 Å². The van der Waals surface area contributed by atoms with Crippen LogP contribution >= 0.6 is 0 Å². The average molecular weight is 463 g/mol. The SMILES string of the molecule is Cc1nnc(-c2ccc(NC(=O)[C@@H](C)C3[C@H]4CC(n5cnc6cc(F)c(F)cc65)C[C@@H]34)cc2)o1. The summed E-state index contributed by atoms with van der Waals surface area (Å²) in [6, 6.07) is 9.89. The van der Waals surface area contributed by atoms with E-state index in [-0.39, 0.29) is 17.9 Å². The third-order valence-electron chi connectivity index (χ3n) is 7.41. The highest BCUT2D eigenvalue weighted by Crippen LogP contribution is 2.64. The van der Waals surface area contributed by atoms with Crippen molar-refractivity contribution in [2.24, 2.45) is 23.7 Å². The summed E-state index contributed by atoms with van der Waals surface area (Å²) in [4.78, 5) is 17.1. The van der Waals surface area contributed by atoms with Gasteiger partial charge in [-0.3, -0.25) is 4.79 Å². The number of benzene rings is 2. The topological polar surface area (TPSA) is 85.8 Å². The van der Waals surface area contributed by atoms with E-state index < -0.39 is 11.6 Å². The molecular formula is C25H23F2N5O2. The minimum absolute atomic E-state index is 0.00274. The van der Waals surface area contributed by atoms with Crippen LogP contribution in [-0.2, 0) is 4.79 Å². The summed E-state index contributed by atoms with van der Waals surface area (Å²) in [7, 11) is 0. The van der Waals surface area contributed by atoms with Crippen molar-refractivity contribution in [3.05, 3.63) is 60.3 Å². The molecule has 2 unspecified atom stereocenters. The highest BCUT2D eigenvalue weighted by atomic mass is 19.2. The molecule has 0 aliphatic heterocycles. The van der Waals surface area contributed by atoms with Gasteiger partial charge in [-0.2, -0.15) is 0 Å². The molecule has 6 rings (SSSR count). The lowest BCUT2D eigenvalue weighted by Crippen LogP contribution is -2.24. The number of rotatable bonds is 5. The first-order chi connectivity index (χ1) is 16.4. The first-order valence-electron chi connectivity index (χ1n) is 11.4. The molecule has 2 saturated carbocycles. The Morgan fingerprint density at radius 2 is 1.82 bits per heavy atom. The van der Waals surface area contributed by atoms with Crippen molar-refractivity contribution in [3.63, 3.8) is 0 Å². The van der Waals surface area contributed by atoms with Crippen molar-refractivity contribution < 1.29 is 18.0 Å². The molecule has 2 heterocycles. The van der Waals surface area contributed by atoms with Crippen molar-refractivity contribution in [2.75, 3.05) is 5.32 Å². The number of carbonyl (C=O) groups is 1. The summed E-state index contributed by atoms with van der Waals surface area (Å²) in [5.41, 5.74) is 2.60. The average Bonchev–Trinajstić information content (AvgIpc) is 3.21. The summed E-state index contributed by atoms with van der Waals surface area (Å²) in [6.45, 7) is 3.72. The second-order valence-corrected chi connectivity index (χ2v) is 9.42. The van der Waals surface area contributed by atoms with Gasteiger partial charge in [0.15, 0.2) is 11.6 Å². The highest BCUT2D eigenvalue weighted by Gasteiger charge is 2.59. The molecule has 0 saturated heterocycles. The van der Waals surface area contributed by atoms with Gasteiger partial charge in [0.25, 0.3) is 0 Å². The molecule has 0 spiro atoms. The Bertz CT molecular complexity index is 1380. The van der Waals surface area contributed by atoms with Crippen LogP contribution in [0.1, 0.15) is 31.7 Å². The van der Waals surface area contributed by atoms with Crippen LogP contribution in [0.4, 0.5) is 14.5 Å². The highest BCUT2D eigenvalue weighted by molar-refractivity contribution is 5.93. The Kier molecular flexibility index (Phi) is 4.75. The van der Waals surface area contributed by atoms with Gasteiger partial charge in [-0.15, -0.1) is 10.2 Å². The Morgan fingerprint density at radius 1 is 1.12 bits per heavy atom. The fraction of sp³-hybridized carbons (Fsp3) is 0.360. The number of aromatic nitrogens is 4. The molecule has 0 bridgehead atoms. The number of carbonyl (C=O) groups excluding carboxylic acids is 1. The molecule has 174 valence electrons. The van der Waals surface area contributed by atoms with Crippen molar-refractivity contribution in [2.45, 2.75) is 32.7 Å². The molecule has 2 aromatic heterocycles. The largest absolute Gasteiger partial charge is 0.421 e. The normalized spacial score (nSPS) is 24.2. The Morgan fingerprint density at radius 3 is 2.50 bits per heavy atom. The van der Waals surface area contributed by atoms with Gasteiger partial charge in [0, 0.05) is 42.3 Å². The van der Waals surface area contributed by atoms with Gasteiger partial charge in [0.2, 0.25) is 17.7 Å². The number of hydrogen-bond acceptors (Lipinski definition) is 5. The standard InChI is InChI=1S/C25H23F2N5O2/c1-12(24(33)29-15-5-3-14(4-6-15)25-31-30-13(2)34-25)23-17-7-16(8-18(17)23)32-11-28-21-9-19(26)20(27)10-22(21)32/h3-6,9-12,16-18,23H,7-8H2,1-2H3,(H,29,33)/t12-,16?,17-,18+,23?/m0/s1. The van der Waals surface area contributed by atoms with Gasteiger partial charge in [0.1, 0.15) is 0 Å². The maximum atomic E-state index is 13.8. The zero-order valence-electron chi connectivity index (χ0n) is 18.7. The minimum Gasteiger partial charge on any atom is -0.421 e. The molecule has 0 radical (unpaired) electrons. The van der Waals surface area contributed by atoms with Gasteiger partial charge < -0.3 is 14.3 Å². The molecule has 9 heteroatoms. The van der Waals surface area contributed by atoms with Crippen LogP contribution in [0.3, 0.4) is 0 Å². The fourth-order valence-corrected chi connectivity index (χ4v) is 5.69. The molecule has 34 heavy (non-hydrogen) atoms. The lowest BCUT2D eigenvalue weighted by atomic mass is 9.96. The number of aryl methyl sites for hydroxylation is 1. The van der Waals surface area contributed by atoms with E-state index in [1.54, 1.807) is 13.3 Å². The molecular weight excluding hydrogens is 440 g/mol. The number of hydrogen-bond donors (Lipinski definition) is 1. The smallest absolute Gasteiger partial charge is 0.247 e. The molecule has 5 atom stereocenters. The first kappa shape index (κ1) is 20.9. The van der Waals surface area contributed by atoms with E-state index in [0.29, 0.717) is 40.6 Å². The van der Waals surface area contributed by atoms with E-state index >= 15 is 0 Å². The van der Waals surface area contributed by atoms with Crippen LogP contribution in [-0.4, -0.2) is 25.7 Å². The summed E-state index contributed by atoms with van der Waals surface area (Å²) in [6.07, 6.45) is 3.49. The van der Waals surface area contributed by atoms with Gasteiger partial charge in [-0.05, 0) is 54.9 Å². The number of anilines is 1. The van der Waals surface area contributed by atoms with E-state index in [0.717, 1.165) is 30.2 Å². The Labute approximate surface area is 194 Å². The quantitative estimate of drug-likeness (QED) is 0.443. The van der Waals surface area contributed by atoms with Crippen LogP contribution in [0.15, 0.2) is 47.1 Å². The number of nitrogens with one attached hydrogen (secondary N) is 1. The number of imidazole rings is 1. The lowest BCUT2D eigenvalue weighted by molar-refractivity contribution is -0.120. The van der Waals surface area contributed by atoms with Gasteiger partial charge in [0.05, 0.1) is 17.4 Å². The van der Waals surface area contributed by atoms with Crippen molar-refractivity contribution in [3.8, 4) is 11.5 Å². The maximum Gasteiger partial charge on any atom is 0.247 e. The van der Waals surface area contributed by atoms with Crippen LogP contribution in [0.25, 0.3) is 22.5 Å². The predicted octanol–water partition coefficient (Wildman–Crippen LogP) is 5.14. The zero-order valence-corrected chi connectivity index (χ0v) is 18.7. The van der Waals surface area contributed by atoms with Crippen molar-refractivity contribution in [1.29, 1.82) is 0 Å². The Hall–Kier alpha value is -3.62. The predicted molar refractivity (Wildman–Crippen MR) is 121 cm³/mol. The summed E-state index contributed by atoms with van der Waals surface area (Å²) in [5, 5.41) is 10.8. The minimum atomic E-state index is -0.883. The van der Waals surface area contributed by atoms with Gasteiger partial charge >= 0.3 is 0 Å².